The molecule has 3 aromatic rings. The normalized spacial score (nSPS) is 29.7. The Balaban J connectivity index is 1.27. The van der Waals surface area contributed by atoms with Crippen LogP contribution in [0.15, 0.2) is 12.1 Å². The highest BCUT2D eigenvalue weighted by molar-refractivity contribution is 5.97. The number of morpholine rings is 1. The van der Waals surface area contributed by atoms with Gasteiger partial charge in [-0.25, -0.2) is 13.8 Å². The van der Waals surface area contributed by atoms with Gasteiger partial charge in [-0.15, -0.1) is 0 Å². The fourth-order valence-corrected chi connectivity index (χ4v) is 8.24. The molecule has 0 amide bonds. The predicted molar refractivity (Wildman–Crippen MR) is 162 cm³/mol. The summed E-state index contributed by atoms with van der Waals surface area (Å²) in [7, 11) is 0. The fourth-order valence-electron chi connectivity index (χ4n) is 8.24. The van der Waals surface area contributed by atoms with Crippen LogP contribution in [0, 0.1) is 11.6 Å². The number of nitrogen functional groups attached to an aromatic ring is 1. The van der Waals surface area contributed by atoms with Gasteiger partial charge in [0.15, 0.2) is 5.82 Å². The Morgan fingerprint density at radius 2 is 1.91 bits per heavy atom. The van der Waals surface area contributed by atoms with Crippen molar-refractivity contribution < 1.29 is 36.2 Å². The summed E-state index contributed by atoms with van der Waals surface area (Å²) in [6.07, 6.45) is -2.04. The van der Waals surface area contributed by atoms with Gasteiger partial charge in [0.2, 0.25) is 5.88 Å². The van der Waals surface area contributed by atoms with Crippen LogP contribution < -0.4 is 25.4 Å². The van der Waals surface area contributed by atoms with Crippen LogP contribution in [0.3, 0.4) is 0 Å². The molecule has 0 spiro atoms. The number of ether oxygens (including phenoxy) is 3. The third kappa shape index (κ3) is 5.12. The highest BCUT2D eigenvalue weighted by Gasteiger charge is 2.48. The molecule has 0 unspecified atom stereocenters. The van der Waals surface area contributed by atoms with E-state index >= 15 is 4.39 Å². The Morgan fingerprint density at radius 3 is 2.70 bits per heavy atom. The highest BCUT2D eigenvalue weighted by atomic mass is 19.4. The maximum Gasteiger partial charge on any atom is 0.419 e. The molecular weight excluding hydrogens is 625 g/mol. The summed E-state index contributed by atoms with van der Waals surface area (Å²) in [5.41, 5.74) is 1.51. The van der Waals surface area contributed by atoms with Gasteiger partial charge in [-0.1, -0.05) is 0 Å². The van der Waals surface area contributed by atoms with Gasteiger partial charge >= 0.3 is 12.2 Å². The summed E-state index contributed by atoms with van der Waals surface area (Å²) >= 11 is 0. The maximum atomic E-state index is 16.7. The van der Waals surface area contributed by atoms with E-state index in [4.69, 9.17) is 24.9 Å². The smallest absolute Gasteiger partial charge is 0.419 e. The molecule has 0 radical (unpaired) electrons. The van der Waals surface area contributed by atoms with Gasteiger partial charge in [0, 0.05) is 48.5 Å². The molecule has 47 heavy (non-hydrogen) atoms. The Bertz CT molecular complexity index is 1760. The lowest BCUT2D eigenvalue weighted by Gasteiger charge is -2.43. The van der Waals surface area contributed by atoms with Crippen LogP contribution in [0.4, 0.5) is 33.5 Å². The number of aromatic nitrogens is 3. The zero-order valence-corrected chi connectivity index (χ0v) is 26.2. The SMILES string of the molecule is C[C@@H]1Oc2nc(-c3cc(N)cc(F)c3C(F)(F)F)c(F)c3nc(OC[C@@H]4CC[C@H]5COC(C)(C)CN45)nc(c23)N2C[C@H]3CC[C@H](N3)[C@@H]12. The second-order valence-corrected chi connectivity index (χ2v) is 14.0. The van der Waals surface area contributed by atoms with Crippen molar-refractivity contribution in [3.05, 3.63) is 29.3 Å². The van der Waals surface area contributed by atoms with Crippen LogP contribution in [-0.4, -0.2) is 88.1 Å². The van der Waals surface area contributed by atoms with Crippen LogP contribution in [-0.2, 0) is 10.9 Å². The number of alkyl halides is 3. The number of benzene rings is 1. The van der Waals surface area contributed by atoms with E-state index in [1.807, 2.05) is 20.8 Å². The first-order chi connectivity index (χ1) is 22.3. The lowest BCUT2D eigenvalue weighted by Crippen LogP contribution is -2.62. The molecule has 15 heteroatoms. The minimum absolute atomic E-state index is 0.0386. The number of pyridine rings is 1. The molecule has 3 N–H and O–H groups in total. The quantitative estimate of drug-likeness (QED) is 0.302. The van der Waals surface area contributed by atoms with Gasteiger partial charge in [-0.05, 0) is 58.6 Å². The lowest BCUT2D eigenvalue weighted by atomic mass is 9.99. The van der Waals surface area contributed by atoms with Crippen LogP contribution in [0.25, 0.3) is 22.2 Å². The van der Waals surface area contributed by atoms with Crippen molar-refractivity contribution in [2.45, 2.75) is 94.5 Å². The monoisotopic (exact) mass is 661 g/mol. The van der Waals surface area contributed by atoms with Gasteiger partial charge in [0.1, 0.15) is 46.5 Å². The molecular formula is C32H36F5N7O3. The molecule has 2 bridgehead atoms. The van der Waals surface area contributed by atoms with Crippen molar-refractivity contribution in [1.29, 1.82) is 0 Å². The molecule has 4 saturated heterocycles. The molecule has 5 aliphatic rings. The van der Waals surface area contributed by atoms with E-state index in [-0.39, 0.29) is 70.9 Å². The standard InChI is InChI=1S/C32H36F5N7O3/c1-14-27-21-7-4-16(39-21)10-43(27)28-22-26(41-30(42-28)45-11-17-5-6-18-12-46-31(2,3)13-44(17)18)24(34)25(40-29(22)47-14)19-8-15(38)9-20(33)23(19)32(35,36)37/h8-9,14,16-18,21,27,39H,4-7,10-13,38H2,1-3H3/t14-,16+,17-,18-,21-,27+/m0/s1. The molecule has 7 heterocycles. The van der Waals surface area contributed by atoms with Gasteiger partial charge in [0.25, 0.3) is 0 Å². The van der Waals surface area contributed by atoms with Gasteiger partial charge in [0.05, 0.1) is 18.2 Å². The van der Waals surface area contributed by atoms with Crippen molar-refractivity contribution in [2.24, 2.45) is 0 Å². The van der Waals surface area contributed by atoms with E-state index in [9.17, 15) is 17.6 Å². The van der Waals surface area contributed by atoms with E-state index in [0.29, 0.717) is 25.0 Å². The molecule has 2 aromatic heterocycles. The summed E-state index contributed by atoms with van der Waals surface area (Å²) in [5, 5.41) is 3.74. The third-order valence-electron chi connectivity index (χ3n) is 10.3. The number of piperazine rings is 1. The van der Waals surface area contributed by atoms with Crippen molar-refractivity contribution in [2.75, 3.05) is 36.9 Å². The van der Waals surface area contributed by atoms with E-state index < -0.39 is 40.7 Å². The van der Waals surface area contributed by atoms with E-state index in [1.54, 1.807) is 0 Å². The van der Waals surface area contributed by atoms with Crippen LogP contribution in [0.1, 0.15) is 52.0 Å². The van der Waals surface area contributed by atoms with Crippen molar-refractivity contribution >= 4 is 22.4 Å². The summed E-state index contributed by atoms with van der Waals surface area (Å²) < 4.78 is 92.6. The van der Waals surface area contributed by atoms with E-state index in [0.717, 1.165) is 38.3 Å². The number of nitrogens with zero attached hydrogens (tertiary/aromatic N) is 5. The molecule has 6 atom stereocenters. The summed E-state index contributed by atoms with van der Waals surface area (Å²) in [6, 6.07) is 1.59. The van der Waals surface area contributed by atoms with Crippen molar-refractivity contribution in [1.82, 2.24) is 25.2 Å². The van der Waals surface area contributed by atoms with Crippen LogP contribution in [0.5, 0.6) is 11.9 Å². The first-order valence-corrected chi connectivity index (χ1v) is 16.1. The topological polar surface area (TPSA) is 111 Å². The molecule has 0 saturated carbocycles. The summed E-state index contributed by atoms with van der Waals surface area (Å²) in [5.74, 6) is -2.61. The summed E-state index contributed by atoms with van der Waals surface area (Å²) in [6.45, 7) is 8.05. The molecule has 252 valence electrons. The average Bonchev–Trinajstić information content (AvgIpc) is 3.53. The molecule has 1 aromatic carbocycles. The van der Waals surface area contributed by atoms with E-state index in [2.05, 4.69) is 25.1 Å². The first-order valence-electron chi connectivity index (χ1n) is 16.1. The maximum absolute atomic E-state index is 16.7. The molecule has 0 aliphatic carbocycles. The Kier molecular flexibility index (Phi) is 7.02. The second kappa shape index (κ2) is 10.7. The first kappa shape index (κ1) is 30.8. The number of hydrogen-bond donors (Lipinski definition) is 2. The highest BCUT2D eigenvalue weighted by Crippen LogP contribution is 2.47. The second-order valence-electron chi connectivity index (χ2n) is 14.0. The minimum atomic E-state index is -5.16. The number of halogens is 5. The van der Waals surface area contributed by atoms with Gasteiger partial charge in [-0.3, -0.25) is 4.90 Å². The lowest BCUT2D eigenvalue weighted by molar-refractivity contribution is -0.139. The largest absolute Gasteiger partial charge is 0.472 e. The fraction of sp³-hybridized carbons (Fsp3) is 0.594. The Labute approximate surface area is 267 Å². The van der Waals surface area contributed by atoms with Gasteiger partial charge < -0.3 is 30.2 Å². The molecule has 10 nitrogen and oxygen atoms in total. The molecule has 4 fully saturated rings. The number of nitrogens with two attached hydrogens (primary N) is 1. The predicted octanol–water partition coefficient (Wildman–Crippen LogP) is 4.68. The Morgan fingerprint density at radius 1 is 1.11 bits per heavy atom. The zero-order chi connectivity index (χ0) is 33.0. The molecule has 8 rings (SSSR count). The number of rotatable bonds is 4. The average molecular weight is 662 g/mol. The number of hydrogen-bond acceptors (Lipinski definition) is 10. The van der Waals surface area contributed by atoms with Crippen molar-refractivity contribution in [3.8, 4) is 23.1 Å². The van der Waals surface area contributed by atoms with Gasteiger partial charge in [-0.2, -0.15) is 23.1 Å². The minimum Gasteiger partial charge on any atom is -0.472 e. The van der Waals surface area contributed by atoms with Crippen molar-refractivity contribution in [3.63, 3.8) is 0 Å². The number of nitrogens with one attached hydrogen (secondary N) is 1. The van der Waals surface area contributed by atoms with Crippen LogP contribution in [0.2, 0.25) is 0 Å². The zero-order valence-electron chi connectivity index (χ0n) is 26.2. The Hall–Kier alpha value is -3.56. The molecule has 5 aliphatic heterocycles. The number of anilines is 2. The number of fused-ring (bicyclic) bond motifs is 6. The van der Waals surface area contributed by atoms with E-state index in [1.165, 1.54) is 0 Å². The van der Waals surface area contributed by atoms with Crippen LogP contribution >= 0.6 is 0 Å². The third-order valence-corrected chi connectivity index (χ3v) is 10.3. The summed E-state index contributed by atoms with van der Waals surface area (Å²) in [4.78, 5) is 17.9.